The predicted octanol–water partition coefficient (Wildman–Crippen LogP) is 2.54. The van der Waals surface area contributed by atoms with Crippen LogP contribution in [0.15, 0.2) is 41.4 Å². The van der Waals surface area contributed by atoms with Crippen LogP contribution in [0, 0.1) is 5.92 Å². The second-order valence-electron chi connectivity index (χ2n) is 7.19. The van der Waals surface area contributed by atoms with Gasteiger partial charge in [-0.25, -0.2) is 13.1 Å². The molecule has 0 saturated carbocycles. The van der Waals surface area contributed by atoms with Crippen LogP contribution in [0.5, 0.6) is 0 Å². The number of aromatic nitrogens is 2. The number of aryl methyl sites for hydroxylation is 1. The Hall–Kier alpha value is -2.52. The Morgan fingerprint density at radius 2 is 1.93 bits per heavy atom. The number of nitrogens with one attached hydrogen (secondary N) is 1. The number of amides is 1. The van der Waals surface area contributed by atoms with Crippen molar-refractivity contribution in [2.45, 2.75) is 44.6 Å². The number of Topliss-reactive ketones (excluding diaryl/α,β-unsaturated/α-hetero) is 1. The number of anilines is 1. The number of benzene rings is 1. The van der Waals surface area contributed by atoms with Gasteiger partial charge in [-0.15, -0.1) is 0 Å². The van der Waals surface area contributed by atoms with Crippen molar-refractivity contribution < 1.29 is 18.0 Å². The first-order valence-corrected chi connectivity index (χ1v) is 11.2. The smallest absolute Gasteiger partial charge is 0.243 e. The third-order valence-electron chi connectivity index (χ3n) is 5.11. The first kappa shape index (κ1) is 21.2. The minimum absolute atomic E-state index is 0.108. The fourth-order valence-corrected chi connectivity index (χ4v) is 4.96. The lowest BCUT2D eigenvalue weighted by atomic mass is 9.97. The monoisotopic (exact) mass is 418 g/mol. The molecule has 9 heteroatoms. The van der Waals surface area contributed by atoms with E-state index in [4.69, 9.17) is 0 Å². The van der Waals surface area contributed by atoms with Crippen LogP contribution in [0.2, 0.25) is 0 Å². The van der Waals surface area contributed by atoms with E-state index in [1.54, 1.807) is 29.1 Å². The zero-order valence-electron chi connectivity index (χ0n) is 16.7. The minimum atomic E-state index is -3.70. The van der Waals surface area contributed by atoms with Crippen molar-refractivity contribution in [1.29, 1.82) is 0 Å². The second kappa shape index (κ2) is 8.87. The van der Waals surface area contributed by atoms with Crippen LogP contribution >= 0.6 is 0 Å². The van der Waals surface area contributed by atoms with Crippen molar-refractivity contribution in [2.75, 3.05) is 18.4 Å². The summed E-state index contributed by atoms with van der Waals surface area (Å²) in [5.74, 6) is 0.112. The molecule has 1 aliphatic rings. The van der Waals surface area contributed by atoms with E-state index in [0.717, 1.165) is 13.0 Å². The molecule has 0 unspecified atom stereocenters. The predicted molar refractivity (Wildman–Crippen MR) is 109 cm³/mol. The van der Waals surface area contributed by atoms with Crippen molar-refractivity contribution in [3.05, 3.63) is 42.1 Å². The van der Waals surface area contributed by atoms with Gasteiger partial charge < -0.3 is 5.32 Å². The zero-order chi connectivity index (χ0) is 21.0. The fraction of sp³-hybridized carbons (Fsp3) is 0.450. The van der Waals surface area contributed by atoms with E-state index in [1.165, 1.54) is 23.4 Å². The third-order valence-corrected chi connectivity index (χ3v) is 7.00. The second-order valence-corrected chi connectivity index (χ2v) is 9.13. The molecule has 0 bridgehead atoms. The molecule has 2 heterocycles. The highest BCUT2D eigenvalue weighted by atomic mass is 32.2. The first-order chi connectivity index (χ1) is 13.8. The van der Waals surface area contributed by atoms with E-state index >= 15 is 0 Å². The Balaban J connectivity index is 1.63. The van der Waals surface area contributed by atoms with Gasteiger partial charge in [0.05, 0.1) is 11.1 Å². The number of ketones is 1. The first-order valence-electron chi connectivity index (χ1n) is 9.76. The molecule has 1 aliphatic heterocycles. The Labute approximate surface area is 170 Å². The lowest BCUT2D eigenvalue weighted by Crippen LogP contribution is -2.41. The lowest BCUT2D eigenvalue weighted by molar-refractivity contribution is -0.121. The maximum Gasteiger partial charge on any atom is 0.243 e. The summed E-state index contributed by atoms with van der Waals surface area (Å²) in [7, 11) is -3.70. The summed E-state index contributed by atoms with van der Waals surface area (Å²) in [6.45, 7) is 4.69. The molecule has 3 rings (SSSR count). The van der Waals surface area contributed by atoms with Gasteiger partial charge in [-0.1, -0.05) is 19.1 Å². The Morgan fingerprint density at radius 3 is 2.59 bits per heavy atom. The lowest BCUT2D eigenvalue weighted by Gasteiger charge is -2.30. The molecule has 0 spiro atoms. The number of carbonyl (C=O) groups is 2. The van der Waals surface area contributed by atoms with Crippen LogP contribution in [0.25, 0.3) is 0 Å². The molecule has 8 nitrogen and oxygen atoms in total. The van der Waals surface area contributed by atoms with Gasteiger partial charge in [-0.05, 0) is 38.3 Å². The molecule has 1 aromatic carbocycles. The molecule has 1 fully saturated rings. The highest BCUT2D eigenvalue weighted by molar-refractivity contribution is 7.89. The molecule has 29 heavy (non-hydrogen) atoms. The maximum atomic E-state index is 12.9. The Morgan fingerprint density at radius 1 is 1.21 bits per heavy atom. The maximum absolute atomic E-state index is 12.9. The Kier molecular flexibility index (Phi) is 6.49. The highest BCUT2D eigenvalue weighted by Gasteiger charge is 2.32. The van der Waals surface area contributed by atoms with E-state index < -0.39 is 10.0 Å². The van der Waals surface area contributed by atoms with Crippen LogP contribution in [0.4, 0.5) is 5.82 Å². The van der Waals surface area contributed by atoms with E-state index in [0.29, 0.717) is 24.2 Å². The summed E-state index contributed by atoms with van der Waals surface area (Å²) in [5.41, 5.74) is 0.365. The van der Waals surface area contributed by atoms with Crippen LogP contribution in [-0.2, 0) is 21.4 Å². The van der Waals surface area contributed by atoms with E-state index in [9.17, 15) is 18.0 Å². The average Bonchev–Trinajstić information content (AvgIpc) is 3.15. The van der Waals surface area contributed by atoms with Gasteiger partial charge >= 0.3 is 0 Å². The molecule has 0 radical (unpaired) electrons. The van der Waals surface area contributed by atoms with E-state index in [-0.39, 0.29) is 35.6 Å². The zero-order valence-corrected chi connectivity index (χ0v) is 17.5. The molecule has 2 aromatic rings. The summed E-state index contributed by atoms with van der Waals surface area (Å²) in [6, 6.07) is 7.83. The van der Waals surface area contributed by atoms with Gasteiger partial charge in [0.2, 0.25) is 15.9 Å². The van der Waals surface area contributed by atoms with E-state index in [2.05, 4.69) is 10.4 Å². The van der Waals surface area contributed by atoms with Crippen LogP contribution < -0.4 is 5.32 Å². The summed E-state index contributed by atoms with van der Waals surface area (Å²) in [6.07, 6.45) is 3.44. The van der Waals surface area contributed by atoms with Gasteiger partial charge in [-0.2, -0.15) is 9.40 Å². The minimum Gasteiger partial charge on any atom is -0.311 e. The molecule has 1 aromatic heterocycles. The van der Waals surface area contributed by atoms with Crippen LogP contribution in [-0.4, -0.2) is 47.3 Å². The van der Waals surface area contributed by atoms with Gasteiger partial charge in [0.15, 0.2) is 5.78 Å². The quantitative estimate of drug-likeness (QED) is 0.696. The number of nitrogens with zero attached hydrogens (tertiary/aromatic N) is 3. The van der Waals surface area contributed by atoms with Crippen molar-refractivity contribution in [3.63, 3.8) is 0 Å². The van der Waals surface area contributed by atoms with Crippen molar-refractivity contribution in [3.8, 4) is 0 Å². The van der Waals surface area contributed by atoms with Gasteiger partial charge in [-0.3, -0.25) is 9.59 Å². The topological polar surface area (TPSA) is 101 Å². The van der Waals surface area contributed by atoms with Crippen LogP contribution in [0.3, 0.4) is 0 Å². The van der Waals surface area contributed by atoms with Gasteiger partial charge in [0, 0.05) is 37.2 Å². The number of piperidine rings is 1. The van der Waals surface area contributed by atoms with Gasteiger partial charge in [0.25, 0.3) is 0 Å². The number of hydrogen-bond acceptors (Lipinski definition) is 5. The molecule has 1 N–H and O–H groups in total. The Bertz CT molecular complexity index is 991. The van der Waals surface area contributed by atoms with Crippen molar-refractivity contribution in [1.82, 2.24) is 14.1 Å². The largest absolute Gasteiger partial charge is 0.311 e. The summed E-state index contributed by atoms with van der Waals surface area (Å²) < 4.78 is 29.0. The molecule has 0 aliphatic carbocycles. The fourth-order valence-electron chi connectivity index (χ4n) is 3.44. The molecule has 1 saturated heterocycles. The van der Waals surface area contributed by atoms with Crippen molar-refractivity contribution >= 4 is 27.5 Å². The van der Waals surface area contributed by atoms with Gasteiger partial charge in [0.1, 0.15) is 5.82 Å². The summed E-state index contributed by atoms with van der Waals surface area (Å²) >= 11 is 0. The molecule has 1 amide bonds. The highest BCUT2D eigenvalue weighted by Crippen LogP contribution is 2.25. The SMILES string of the molecule is CCCn1nccc1NC(=O)C1CCN(S(=O)(=O)c2cccc(C(C)=O)c2)CC1. The van der Waals surface area contributed by atoms with Crippen molar-refractivity contribution in [2.24, 2.45) is 5.92 Å². The number of hydrogen-bond donors (Lipinski definition) is 1. The number of carbonyl (C=O) groups excluding carboxylic acids is 2. The molecular weight excluding hydrogens is 392 g/mol. The third kappa shape index (κ3) is 4.73. The normalized spacial score (nSPS) is 15.9. The molecular formula is C20H26N4O4S. The van der Waals surface area contributed by atoms with E-state index in [1.807, 2.05) is 6.92 Å². The average molecular weight is 419 g/mol. The molecule has 0 atom stereocenters. The molecule has 156 valence electrons. The summed E-state index contributed by atoms with van der Waals surface area (Å²) in [5, 5.41) is 7.10. The van der Waals surface area contributed by atoms with Crippen LogP contribution in [0.1, 0.15) is 43.5 Å². The standard InChI is InChI=1S/C20H26N4O4S/c1-3-11-24-19(7-10-21-24)22-20(26)16-8-12-23(13-9-16)29(27,28)18-6-4-5-17(14-18)15(2)25/h4-7,10,14,16H,3,8-9,11-13H2,1-2H3,(H,22,26). The number of sulfonamides is 1. The summed E-state index contributed by atoms with van der Waals surface area (Å²) in [4.78, 5) is 24.3. The number of rotatable bonds is 7.